The fourth-order valence-electron chi connectivity index (χ4n) is 1.94. The summed E-state index contributed by atoms with van der Waals surface area (Å²) in [5.74, 6) is 0.433. The number of hydrogen-bond donors (Lipinski definition) is 0. The lowest BCUT2D eigenvalue weighted by molar-refractivity contribution is 0.783. The maximum absolute atomic E-state index is 4.51. The molecule has 1 unspecified atom stereocenters. The minimum absolute atomic E-state index is 0.433. The van der Waals surface area contributed by atoms with Gasteiger partial charge in [-0.05, 0) is 17.7 Å². The summed E-state index contributed by atoms with van der Waals surface area (Å²) in [5, 5.41) is 2.07. The SMILES string of the molecule is C1=CC2=c3ncccc3=NCC2C=C1. The molecule has 0 amide bonds. The zero-order valence-electron chi connectivity index (χ0n) is 7.72. The molecule has 0 aromatic carbocycles. The molecule has 1 atom stereocenters. The van der Waals surface area contributed by atoms with Crippen molar-refractivity contribution in [2.45, 2.75) is 0 Å². The van der Waals surface area contributed by atoms with Crippen LogP contribution in [0.5, 0.6) is 0 Å². The number of allylic oxidation sites excluding steroid dienone is 3. The van der Waals surface area contributed by atoms with Gasteiger partial charge in [0.2, 0.25) is 0 Å². The van der Waals surface area contributed by atoms with Gasteiger partial charge < -0.3 is 0 Å². The van der Waals surface area contributed by atoms with E-state index in [1.54, 1.807) is 0 Å². The van der Waals surface area contributed by atoms with Crippen LogP contribution in [0.1, 0.15) is 0 Å². The Bertz CT molecular complexity index is 538. The second-order valence-corrected chi connectivity index (χ2v) is 3.52. The fraction of sp³-hybridized carbons (Fsp3) is 0.167. The molecule has 68 valence electrons. The van der Waals surface area contributed by atoms with Gasteiger partial charge in [0.25, 0.3) is 0 Å². The molecule has 2 nitrogen and oxygen atoms in total. The van der Waals surface area contributed by atoms with Crippen LogP contribution in [0.3, 0.4) is 0 Å². The van der Waals surface area contributed by atoms with Gasteiger partial charge >= 0.3 is 0 Å². The Hall–Kier alpha value is -1.70. The molecule has 0 fully saturated rings. The van der Waals surface area contributed by atoms with E-state index < -0.39 is 0 Å². The first-order valence-electron chi connectivity index (χ1n) is 4.80. The Morgan fingerprint density at radius 1 is 1.29 bits per heavy atom. The van der Waals surface area contributed by atoms with E-state index in [0.717, 1.165) is 17.3 Å². The van der Waals surface area contributed by atoms with Crippen molar-refractivity contribution < 1.29 is 0 Å². The minimum atomic E-state index is 0.433. The van der Waals surface area contributed by atoms with Crippen molar-refractivity contribution in [3.63, 3.8) is 0 Å². The number of fused-ring (bicyclic) bond motifs is 2. The summed E-state index contributed by atoms with van der Waals surface area (Å²) >= 11 is 0. The molecule has 1 aromatic rings. The summed E-state index contributed by atoms with van der Waals surface area (Å²) in [6.07, 6.45) is 10.3. The van der Waals surface area contributed by atoms with Crippen molar-refractivity contribution in [1.29, 1.82) is 0 Å². The summed E-state index contributed by atoms with van der Waals surface area (Å²) in [6.45, 7) is 0.856. The summed E-state index contributed by atoms with van der Waals surface area (Å²) < 4.78 is 0. The predicted octanol–water partition coefficient (Wildman–Crippen LogP) is 0.608. The summed E-state index contributed by atoms with van der Waals surface area (Å²) in [7, 11) is 0. The quantitative estimate of drug-likeness (QED) is 0.577. The summed E-state index contributed by atoms with van der Waals surface area (Å²) in [5.41, 5.74) is 1.30. The van der Waals surface area contributed by atoms with Gasteiger partial charge in [0.1, 0.15) is 0 Å². The van der Waals surface area contributed by atoms with E-state index >= 15 is 0 Å². The van der Waals surface area contributed by atoms with Crippen LogP contribution < -0.4 is 10.7 Å². The molecule has 1 aromatic heterocycles. The van der Waals surface area contributed by atoms with E-state index in [4.69, 9.17) is 0 Å². The normalized spacial score (nSPS) is 22.6. The molecule has 0 radical (unpaired) electrons. The summed E-state index contributed by atoms with van der Waals surface area (Å²) in [6, 6.07) is 3.96. The standard InChI is InChI=1S/C12H10N2/c1-2-5-10-9(4-1)8-14-11-6-3-7-13-12(10)11/h1-7,9H,8H2. The molecule has 0 spiro atoms. The Balaban J connectivity index is 2.40. The number of nitrogens with zero attached hydrogens (tertiary/aromatic N) is 2. The van der Waals surface area contributed by atoms with E-state index in [1.165, 1.54) is 5.57 Å². The summed E-state index contributed by atoms with van der Waals surface area (Å²) in [4.78, 5) is 8.90. The van der Waals surface area contributed by atoms with Crippen LogP contribution in [0.25, 0.3) is 5.57 Å². The van der Waals surface area contributed by atoms with Gasteiger partial charge in [-0.15, -0.1) is 0 Å². The average Bonchev–Trinajstić information content (AvgIpc) is 2.29. The Morgan fingerprint density at radius 2 is 2.29 bits per heavy atom. The van der Waals surface area contributed by atoms with Crippen LogP contribution in [0.2, 0.25) is 0 Å². The van der Waals surface area contributed by atoms with E-state index in [-0.39, 0.29) is 0 Å². The van der Waals surface area contributed by atoms with Gasteiger partial charge in [-0.2, -0.15) is 0 Å². The third-order valence-corrected chi connectivity index (χ3v) is 2.65. The molecule has 2 heterocycles. The third-order valence-electron chi connectivity index (χ3n) is 2.65. The van der Waals surface area contributed by atoms with Gasteiger partial charge in [-0.3, -0.25) is 9.98 Å². The molecular weight excluding hydrogens is 172 g/mol. The second-order valence-electron chi connectivity index (χ2n) is 3.52. The van der Waals surface area contributed by atoms with Crippen molar-refractivity contribution >= 4 is 5.57 Å². The molecule has 0 N–H and O–H groups in total. The Morgan fingerprint density at radius 3 is 3.29 bits per heavy atom. The van der Waals surface area contributed by atoms with Crippen molar-refractivity contribution in [2.75, 3.05) is 6.54 Å². The minimum Gasteiger partial charge on any atom is -0.282 e. The maximum atomic E-state index is 4.51. The number of hydrogen-bond acceptors (Lipinski definition) is 2. The van der Waals surface area contributed by atoms with Crippen LogP contribution in [0.15, 0.2) is 47.6 Å². The molecule has 1 aliphatic heterocycles. The van der Waals surface area contributed by atoms with Crippen LogP contribution >= 0.6 is 0 Å². The van der Waals surface area contributed by atoms with Crippen molar-refractivity contribution in [2.24, 2.45) is 10.9 Å². The highest BCUT2D eigenvalue weighted by Gasteiger charge is 2.15. The van der Waals surface area contributed by atoms with Gasteiger partial charge in [-0.1, -0.05) is 24.3 Å². The Labute approximate surface area is 82.0 Å². The number of aromatic nitrogens is 1. The molecule has 2 heteroatoms. The van der Waals surface area contributed by atoms with Crippen molar-refractivity contribution in [3.8, 4) is 0 Å². The lowest BCUT2D eigenvalue weighted by Gasteiger charge is -2.17. The number of pyridine rings is 1. The Kier molecular flexibility index (Phi) is 1.60. The van der Waals surface area contributed by atoms with Crippen molar-refractivity contribution in [3.05, 3.63) is 53.3 Å². The molecule has 2 aliphatic rings. The molecule has 0 saturated heterocycles. The molecule has 3 rings (SSSR count). The second kappa shape index (κ2) is 2.91. The zero-order chi connectivity index (χ0) is 9.38. The van der Waals surface area contributed by atoms with Crippen molar-refractivity contribution in [1.82, 2.24) is 4.98 Å². The third kappa shape index (κ3) is 1.04. The first-order chi connectivity index (χ1) is 6.95. The monoisotopic (exact) mass is 182 g/mol. The van der Waals surface area contributed by atoms with E-state index in [1.807, 2.05) is 18.3 Å². The van der Waals surface area contributed by atoms with Gasteiger partial charge in [0, 0.05) is 12.1 Å². The van der Waals surface area contributed by atoms with Gasteiger partial charge in [0.05, 0.1) is 17.3 Å². The van der Waals surface area contributed by atoms with Gasteiger partial charge in [0.15, 0.2) is 0 Å². The number of rotatable bonds is 0. The van der Waals surface area contributed by atoms with Crippen LogP contribution in [-0.2, 0) is 0 Å². The van der Waals surface area contributed by atoms with Crippen LogP contribution in [0.4, 0.5) is 0 Å². The van der Waals surface area contributed by atoms with Gasteiger partial charge in [-0.25, -0.2) is 0 Å². The first-order valence-corrected chi connectivity index (χ1v) is 4.80. The van der Waals surface area contributed by atoms with E-state index in [0.29, 0.717) is 5.92 Å². The molecule has 14 heavy (non-hydrogen) atoms. The highest BCUT2D eigenvalue weighted by Crippen LogP contribution is 2.19. The fourth-order valence-corrected chi connectivity index (χ4v) is 1.94. The predicted molar refractivity (Wildman–Crippen MR) is 55.1 cm³/mol. The smallest absolute Gasteiger partial charge is 0.0920 e. The first kappa shape index (κ1) is 7.68. The van der Waals surface area contributed by atoms with E-state index in [9.17, 15) is 0 Å². The van der Waals surface area contributed by atoms with E-state index in [2.05, 4.69) is 34.3 Å². The lowest BCUT2D eigenvalue weighted by atomic mass is 9.92. The zero-order valence-corrected chi connectivity index (χ0v) is 7.72. The highest BCUT2D eigenvalue weighted by atomic mass is 14.8. The molecular formula is C12H10N2. The largest absolute Gasteiger partial charge is 0.282 e. The maximum Gasteiger partial charge on any atom is 0.0920 e. The van der Waals surface area contributed by atoms with Crippen LogP contribution in [0, 0.1) is 5.92 Å². The highest BCUT2D eigenvalue weighted by molar-refractivity contribution is 5.63. The lowest BCUT2D eigenvalue weighted by Crippen LogP contribution is -2.36. The molecule has 0 bridgehead atoms. The molecule has 1 aliphatic carbocycles. The van der Waals surface area contributed by atoms with Crippen LogP contribution in [-0.4, -0.2) is 11.5 Å². The average molecular weight is 182 g/mol. The molecule has 0 saturated carbocycles. The topological polar surface area (TPSA) is 25.2 Å².